The molecule has 1 aliphatic heterocycles. The summed E-state index contributed by atoms with van der Waals surface area (Å²) in [5.41, 5.74) is 8.13. The van der Waals surface area contributed by atoms with Crippen molar-refractivity contribution in [1.82, 2.24) is 4.90 Å². The molecule has 0 amide bonds. The maximum atomic E-state index is 5.89. The zero-order valence-corrected chi connectivity index (χ0v) is 12.3. The van der Waals surface area contributed by atoms with E-state index in [4.69, 9.17) is 5.73 Å². The van der Waals surface area contributed by atoms with Gasteiger partial charge in [0.15, 0.2) is 0 Å². The Morgan fingerprint density at radius 3 is 2.29 bits per heavy atom. The lowest BCUT2D eigenvalue weighted by Gasteiger charge is -2.37. The van der Waals surface area contributed by atoms with Crippen LogP contribution in [-0.2, 0) is 0 Å². The lowest BCUT2D eigenvalue weighted by molar-refractivity contribution is 0.169. The summed E-state index contributed by atoms with van der Waals surface area (Å²) in [7, 11) is 0. The maximum absolute atomic E-state index is 5.89. The van der Waals surface area contributed by atoms with Gasteiger partial charge in [-0.2, -0.15) is 0 Å². The van der Waals surface area contributed by atoms with Gasteiger partial charge in [-0.15, -0.1) is 0 Å². The first-order valence-corrected chi connectivity index (χ1v) is 6.93. The van der Waals surface area contributed by atoms with Crippen LogP contribution in [0, 0.1) is 10.8 Å². The highest BCUT2D eigenvalue weighted by Gasteiger charge is 2.26. The minimum absolute atomic E-state index is 0.285. The lowest BCUT2D eigenvalue weighted by Crippen LogP contribution is -2.42. The summed E-state index contributed by atoms with van der Waals surface area (Å²) < 4.78 is 0. The molecule has 2 N–H and O–H groups in total. The Kier molecular flexibility index (Phi) is 4.79. The average molecular weight is 238 g/mol. The molecule has 0 saturated heterocycles. The van der Waals surface area contributed by atoms with Crippen LogP contribution >= 0.6 is 0 Å². The second kappa shape index (κ2) is 5.53. The van der Waals surface area contributed by atoms with Crippen molar-refractivity contribution in [2.45, 2.75) is 47.5 Å². The molecule has 100 valence electrons. The standard InChI is InChI=1S/C15H30N2/c1-6-15(5,11-16)12-17-9-7-13(8-10-17)14(2,3)4/h7H,6,8-12,16H2,1-5H3. The second-order valence-electron chi connectivity index (χ2n) is 6.83. The molecule has 1 heterocycles. The van der Waals surface area contributed by atoms with Crippen LogP contribution in [0.5, 0.6) is 0 Å². The van der Waals surface area contributed by atoms with Gasteiger partial charge in [0.2, 0.25) is 0 Å². The summed E-state index contributed by atoms with van der Waals surface area (Å²) in [6.45, 7) is 15.7. The van der Waals surface area contributed by atoms with Crippen molar-refractivity contribution in [2.75, 3.05) is 26.2 Å². The summed E-state index contributed by atoms with van der Waals surface area (Å²) in [5, 5.41) is 0. The Morgan fingerprint density at radius 1 is 1.29 bits per heavy atom. The van der Waals surface area contributed by atoms with Crippen LogP contribution in [0.15, 0.2) is 11.6 Å². The van der Waals surface area contributed by atoms with Gasteiger partial charge in [0.05, 0.1) is 0 Å². The van der Waals surface area contributed by atoms with E-state index >= 15 is 0 Å². The van der Waals surface area contributed by atoms with Gasteiger partial charge < -0.3 is 5.73 Å². The van der Waals surface area contributed by atoms with Crippen LogP contribution in [0.2, 0.25) is 0 Å². The number of rotatable bonds is 4. The summed E-state index contributed by atoms with van der Waals surface area (Å²) in [5.74, 6) is 0. The van der Waals surface area contributed by atoms with Gasteiger partial charge in [-0.25, -0.2) is 0 Å². The molecule has 2 nitrogen and oxygen atoms in total. The molecule has 0 radical (unpaired) electrons. The van der Waals surface area contributed by atoms with Gasteiger partial charge in [0.25, 0.3) is 0 Å². The summed E-state index contributed by atoms with van der Waals surface area (Å²) in [6.07, 6.45) is 4.81. The third-order valence-corrected chi connectivity index (χ3v) is 4.21. The molecule has 0 spiro atoms. The topological polar surface area (TPSA) is 29.3 Å². The van der Waals surface area contributed by atoms with Crippen LogP contribution in [0.4, 0.5) is 0 Å². The molecule has 2 heteroatoms. The number of nitrogens with zero attached hydrogens (tertiary/aromatic N) is 1. The van der Waals surface area contributed by atoms with E-state index in [-0.39, 0.29) is 5.41 Å². The van der Waals surface area contributed by atoms with Crippen LogP contribution in [0.3, 0.4) is 0 Å². The Labute approximate surface area is 107 Å². The van der Waals surface area contributed by atoms with Gasteiger partial charge in [-0.1, -0.05) is 46.3 Å². The smallest absolute Gasteiger partial charge is 0.0166 e. The van der Waals surface area contributed by atoms with Gasteiger partial charge in [0, 0.05) is 19.6 Å². The van der Waals surface area contributed by atoms with E-state index in [0.29, 0.717) is 5.41 Å². The van der Waals surface area contributed by atoms with Gasteiger partial charge in [-0.3, -0.25) is 4.90 Å². The van der Waals surface area contributed by atoms with Crippen molar-refractivity contribution in [3.8, 4) is 0 Å². The van der Waals surface area contributed by atoms with Crippen molar-refractivity contribution < 1.29 is 0 Å². The fourth-order valence-corrected chi connectivity index (χ4v) is 2.40. The summed E-state index contributed by atoms with van der Waals surface area (Å²) in [4.78, 5) is 2.55. The monoisotopic (exact) mass is 238 g/mol. The molecule has 0 aromatic heterocycles. The third kappa shape index (κ3) is 4.11. The van der Waals surface area contributed by atoms with Gasteiger partial charge in [0.1, 0.15) is 0 Å². The molecule has 1 unspecified atom stereocenters. The molecule has 1 rings (SSSR count). The van der Waals surface area contributed by atoms with Crippen LogP contribution < -0.4 is 5.73 Å². The SMILES string of the molecule is CCC(C)(CN)CN1CC=C(C(C)(C)C)CC1. The largest absolute Gasteiger partial charge is 0.330 e. The van der Waals surface area contributed by atoms with E-state index in [1.165, 1.54) is 13.0 Å². The van der Waals surface area contributed by atoms with E-state index in [0.717, 1.165) is 26.1 Å². The predicted molar refractivity (Wildman–Crippen MR) is 76.0 cm³/mol. The first kappa shape index (κ1) is 14.7. The van der Waals surface area contributed by atoms with Crippen LogP contribution in [0.25, 0.3) is 0 Å². The van der Waals surface area contributed by atoms with E-state index in [1.807, 2.05) is 0 Å². The van der Waals surface area contributed by atoms with Crippen molar-refractivity contribution in [3.05, 3.63) is 11.6 Å². The second-order valence-corrected chi connectivity index (χ2v) is 6.83. The van der Waals surface area contributed by atoms with Crippen molar-refractivity contribution in [1.29, 1.82) is 0 Å². The zero-order chi connectivity index (χ0) is 13.1. The highest BCUT2D eigenvalue weighted by Crippen LogP contribution is 2.31. The van der Waals surface area contributed by atoms with Crippen LogP contribution in [0.1, 0.15) is 47.5 Å². The predicted octanol–water partition coefficient (Wildman–Crippen LogP) is 3.04. The lowest BCUT2D eigenvalue weighted by atomic mass is 9.82. The molecule has 0 aromatic rings. The van der Waals surface area contributed by atoms with Gasteiger partial charge >= 0.3 is 0 Å². The Bertz CT molecular complexity index is 269. The summed E-state index contributed by atoms with van der Waals surface area (Å²) in [6, 6.07) is 0. The van der Waals surface area contributed by atoms with Crippen LogP contribution in [-0.4, -0.2) is 31.1 Å². The molecule has 17 heavy (non-hydrogen) atoms. The van der Waals surface area contributed by atoms with E-state index in [1.54, 1.807) is 5.57 Å². The molecular weight excluding hydrogens is 208 g/mol. The minimum atomic E-state index is 0.285. The Morgan fingerprint density at radius 2 is 1.94 bits per heavy atom. The minimum Gasteiger partial charge on any atom is -0.330 e. The molecule has 1 atom stereocenters. The molecule has 0 aliphatic carbocycles. The molecule has 0 saturated carbocycles. The normalized spacial score (nSPS) is 22.1. The zero-order valence-electron chi connectivity index (χ0n) is 12.3. The molecular formula is C15H30N2. The summed E-state index contributed by atoms with van der Waals surface area (Å²) >= 11 is 0. The Hall–Kier alpha value is -0.340. The fraction of sp³-hybridized carbons (Fsp3) is 0.867. The molecule has 1 aliphatic rings. The van der Waals surface area contributed by atoms with E-state index in [2.05, 4.69) is 45.6 Å². The third-order valence-electron chi connectivity index (χ3n) is 4.21. The Balaban J connectivity index is 2.55. The highest BCUT2D eigenvalue weighted by molar-refractivity contribution is 5.14. The number of hydrogen-bond donors (Lipinski definition) is 1. The quantitative estimate of drug-likeness (QED) is 0.763. The average Bonchev–Trinajstić information content (AvgIpc) is 2.28. The molecule has 0 fully saturated rings. The fourth-order valence-electron chi connectivity index (χ4n) is 2.40. The van der Waals surface area contributed by atoms with Crippen molar-refractivity contribution >= 4 is 0 Å². The number of hydrogen-bond acceptors (Lipinski definition) is 2. The van der Waals surface area contributed by atoms with E-state index < -0.39 is 0 Å². The highest BCUT2D eigenvalue weighted by atomic mass is 15.1. The van der Waals surface area contributed by atoms with E-state index in [9.17, 15) is 0 Å². The van der Waals surface area contributed by atoms with Crippen molar-refractivity contribution in [2.24, 2.45) is 16.6 Å². The maximum Gasteiger partial charge on any atom is 0.0166 e. The molecule has 0 bridgehead atoms. The van der Waals surface area contributed by atoms with Gasteiger partial charge in [-0.05, 0) is 30.2 Å². The molecule has 0 aromatic carbocycles. The first-order valence-electron chi connectivity index (χ1n) is 6.93. The van der Waals surface area contributed by atoms with Crippen molar-refractivity contribution in [3.63, 3.8) is 0 Å². The number of nitrogens with two attached hydrogens (primary N) is 1. The first-order chi connectivity index (χ1) is 7.80.